The Morgan fingerprint density at radius 2 is 1.81 bits per heavy atom. The summed E-state index contributed by atoms with van der Waals surface area (Å²) in [6.45, 7) is 10.4. The minimum atomic E-state index is 0.0359. The lowest BCUT2D eigenvalue weighted by molar-refractivity contribution is 0.111. The standard InChI is InChI=1S/C17H25N5O.C6H12O.C2H6/c1-4-12(2)20-17-19-11-14-15(21-17)5-8-18-16(14)23-13-6-9-22(3)10-7-13;7-6-4-2-1-3-5-6;1-2/h5,8,11-13H,4,6-7,9-10H2,1-3H3,(H,19,20,21);6-7H,1-5H2;1-2H3. The number of hydrogen-bond acceptors (Lipinski definition) is 7. The fourth-order valence-electron chi connectivity index (χ4n) is 3.76. The number of aliphatic hydroxyl groups is 1. The third kappa shape index (κ3) is 8.51. The number of anilines is 1. The van der Waals surface area contributed by atoms with Crippen molar-refractivity contribution in [3.8, 4) is 5.88 Å². The van der Waals surface area contributed by atoms with Gasteiger partial charge in [-0.25, -0.2) is 15.0 Å². The summed E-state index contributed by atoms with van der Waals surface area (Å²) in [7, 11) is 2.14. The van der Waals surface area contributed by atoms with E-state index in [2.05, 4.69) is 46.1 Å². The van der Waals surface area contributed by atoms with E-state index in [0.29, 0.717) is 17.9 Å². The molecule has 7 nitrogen and oxygen atoms in total. The van der Waals surface area contributed by atoms with Crippen LogP contribution >= 0.6 is 0 Å². The van der Waals surface area contributed by atoms with Gasteiger partial charge in [0.05, 0.1) is 17.0 Å². The lowest BCUT2D eigenvalue weighted by Gasteiger charge is -2.29. The summed E-state index contributed by atoms with van der Waals surface area (Å²) in [5.74, 6) is 1.30. The molecule has 2 N–H and O–H groups in total. The van der Waals surface area contributed by atoms with Crippen molar-refractivity contribution in [2.75, 3.05) is 25.5 Å². The Labute approximate surface area is 194 Å². The Kier molecular flexibility index (Phi) is 11.7. The molecule has 0 bridgehead atoms. The molecule has 1 saturated heterocycles. The van der Waals surface area contributed by atoms with Crippen LogP contribution in [0.15, 0.2) is 18.5 Å². The Morgan fingerprint density at radius 1 is 1.12 bits per heavy atom. The average molecular weight is 446 g/mol. The highest BCUT2D eigenvalue weighted by Crippen LogP contribution is 2.25. The molecule has 1 unspecified atom stereocenters. The molecule has 0 spiro atoms. The molecule has 180 valence electrons. The highest BCUT2D eigenvalue weighted by Gasteiger charge is 2.19. The van der Waals surface area contributed by atoms with Crippen molar-refractivity contribution in [1.29, 1.82) is 0 Å². The number of hydrogen-bond donors (Lipinski definition) is 2. The van der Waals surface area contributed by atoms with Crippen LogP contribution in [-0.2, 0) is 0 Å². The Bertz CT molecular complexity index is 774. The minimum absolute atomic E-state index is 0.0359. The number of rotatable bonds is 5. The summed E-state index contributed by atoms with van der Waals surface area (Å²) in [4.78, 5) is 15.7. The zero-order valence-corrected chi connectivity index (χ0v) is 20.7. The zero-order chi connectivity index (χ0) is 23.3. The van der Waals surface area contributed by atoms with Gasteiger partial charge >= 0.3 is 0 Å². The smallest absolute Gasteiger partial charge is 0.224 e. The molecular formula is C25H43N5O2. The second kappa shape index (κ2) is 14.2. The fourth-order valence-corrected chi connectivity index (χ4v) is 3.76. The molecule has 0 amide bonds. The molecule has 2 aromatic heterocycles. The summed E-state index contributed by atoms with van der Waals surface area (Å²) in [6, 6.07) is 2.25. The molecule has 0 radical (unpaired) electrons. The number of aromatic nitrogens is 3. The van der Waals surface area contributed by atoms with Crippen LogP contribution in [0.5, 0.6) is 5.88 Å². The van der Waals surface area contributed by atoms with E-state index in [4.69, 9.17) is 9.84 Å². The maximum Gasteiger partial charge on any atom is 0.224 e. The van der Waals surface area contributed by atoms with Crippen molar-refractivity contribution in [2.45, 2.75) is 97.3 Å². The van der Waals surface area contributed by atoms with Crippen molar-refractivity contribution in [3.05, 3.63) is 18.5 Å². The van der Waals surface area contributed by atoms with Crippen LogP contribution in [-0.4, -0.2) is 63.3 Å². The van der Waals surface area contributed by atoms with Gasteiger partial charge in [0.2, 0.25) is 11.8 Å². The third-order valence-corrected chi connectivity index (χ3v) is 5.98. The van der Waals surface area contributed by atoms with E-state index in [1.807, 2.05) is 26.1 Å². The molecule has 7 heteroatoms. The number of nitrogens with one attached hydrogen (secondary N) is 1. The van der Waals surface area contributed by atoms with Gasteiger partial charge in [0, 0.05) is 31.5 Å². The van der Waals surface area contributed by atoms with Gasteiger partial charge in [0.15, 0.2) is 0 Å². The normalized spacial score (nSPS) is 18.7. The van der Waals surface area contributed by atoms with Crippen LogP contribution in [0.2, 0.25) is 0 Å². The molecule has 1 atom stereocenters. The van der Waals surface area contributed by atoms with Crippen molar-refractivity contribution in [3.63, 3.8) is 0 Å². The maximum absolute atomic E-state index is 8.91. The Hall–Kier alpha value is -1.99. The van der Waals surface area contributed by atoms with E-state index < -0.39 is 0 Å². The van der Waals surface area contributed by atoms with Crippen molar-refractivity contribution < 1.29 is 9.84 Å². The number of likely N-dealkylation sites (tertiary alicyclic amines) is 1. The van der Waals surface area contributed by atoms with Gasteiger partial charge in [-0.2, -0.15) is 0 Å². The van der Waals surface area contributed by atoms with E-state index in [1.54, 1.807) is 6.20 Å². The monoisotopic (exact) mass is 445 g/mol. The molecule has 32 heavy (non-hydrogen) atoms. The first-order valence-corrected chi connectivity index (χ1v) is 12.5. The van der Waals surface area contributed by atoms with Gasteiger partial charge in [-0.1, -0.05) is 40.0 Å². The van der Waals surface area contributed by atoms with Crippen molar-refractivity contribution >= 4 is 16.9 Å². The summed E-state index contributed by atoms with van der Waals surface area (Å²) >= 11 is 0. The minimum Gasteiger partial charge on any atom is -0.474 e. The highest BCUT2D eigenvalue weighted by molar-refractivity contribution is 5.83. The van der Waals surface area contributed by atoms with Gasteiger partial charge in [0.25, 0.3) is 0 Å². The number of pyridine rings is 1. The summed E-state index contributed by atoms with van der Waals surface area (Å²) in [5.41, 5.74) is 0.865. The molecule has 1 aliphatic heterocycles. The Morgan fingerprint density at radius 3 is 2.41 bits per heavy atom. The van der Waals surface area contributed by atoms with Crippen LogP contribution in [0, 0.1) is 0 Å². The SMILES string of the molecule is CC.CCC(C)Nc1ncc2c(OC3CCN(C)CC3)nccc2n1.OC1CCCCC1. The van der Waals surface area contributed by atoms with Crippen LogP contribution in [0.3, 0.4) is 0 Å². The number of ether oxygens (including phenoxy) is 1. The number of aliphatic hydroxyl groups excluding tert-OH is 1. The average Bonchev–Trinajstić information content (AvgIpc) is 2.83. The van der Waals surface area contributed by atoms with Gasteiger partial charge in [-0.3, -0.25) is 0 Å². The summed E-state index contributed by atoms with van der Waals surface area (Å²) in [5, 5.41) is 13.1. The van der Waals surface area contributed by atoms with Crippen LogP contribution in [0.4, 0.5) is 5.95 Å². The van der Waals surface area contributed by atoms with Crippen molar-refractivity contribution in [1.82, 2.24) is 19.9 Å². The first-order chi connectivity index (χ1) is 15.5. The summed E-state index contributed by atoms with van der Waals surface area (Å²) in [6.07, 6.45) is 12.8. The Balaban J connectivity index is 0.000000340. The molecule has 0 aromatic carbocycles. The summed E-state index contributed by atoms with van der Waals surface area (Å²) < 4.78 is 6.12. The topological polar surface area (TPSA) is 83.4 Å². The third-order valence-electron chi connectivity index (χ3n) is 5.98. The second-order valence-corrected chi connectivity index (χ2v) is 8.61. The van der Waals surface area contributed by atoms with Crippen molar-refractivity contribution in [2.24, 2.45) is 0 Å². The van der Waals surface area contributed by atoms with Gasteiger partial charge in [-0.15, -0.1) is 0 Å². The molecule has 1 saturated carbocycles. The van der Waals surface area contributed by atoms with Crippen LogP contribution in [0.1, 0.15) is 79.1 Å². The maximum atomic E-state index is 8.91. The quantitative estimate of drug-likeness (QED) is 0.666. The molecular weight excluding hydrogens is 402 g/mol. The number of fused-ring (bicyclic) bond motifs is 1. The van der Waals surface area contributed by atoms with Gasteiger partial charge < -0.3 is 20.1 Å². The predicted molar refractivity (Wildman–Crippen MR) is 132 cm³/mol. The molecule has 2 fully saturated rings. The first-order valence-electron chi connectivity index (χ1n) is 12.5. The molecule has 2 aliphatic rings. The first kappa shape index (κ1) is 26.3. The zero-order valence-electron chi connectivity index (χ0n) is 20.7. The van der Waals surface area contributed by atoms with E-state index >= 15 is 0 Å². The molecule has 1 aliphatic carbocycles. The van der Waals surface area contributed by atoms with E-state index in [0.717, 1.165) is 56.1 Å². The predicted octanol–water partition coefficient (Wildman–Crippen LogP) is 5.05. The van der Waals surface area contributed by atoms with E-state index in [1.165, 1.54) is 19.3 Å². The van der Waals surface area contributed by atoms with E-state index in [-0.39, 0.29) is 12.2 Å². The molecule has 2 aromatic rings. The molecule has 3 heterocycles. The number of piperidine rings is 1. The van der Waals surface area contributed by atoms with Gasteiger partial charge in [0.1, 0.15) is 6.10 Å². The lowest BCUT2D eigenvalue weighted by Crippen LogP contribution is -2.35. The van der Waals surface area contributed by atoms with Gasteiger partial charge in [-0.05, 0) is 52.1 Å². The second-order valence-electron chi connectivity index (χ2n) is 8.61. The fraction of sp³-hybridized carbons (Fsp3) is 0.720. The largest absolute Gasteiger partial charge is 0.474 e. The lowest BCUT2D eigenvalue weighted by atomic mass is 9.98. The molecule has 4 rings (SSSR count). The highest BCUT2D eigenvalue weighted by atomic mass is 16.5. The van der Waals surface area contributed by atoms with Crippen LogP contribution in [0.25, 0.3) is 10.9 Å². The number of nitrogens with zero attached hydrogens (tertiary/aromatic N) is 4. The van der Waals surface area contributed by atoms with Crippen LogP contribution < -0.4 is 10.1 Å². The van der Waals surface area contributed by atoms with E-state index in [9.17, 15) is 0 Å².